The molecule has 4 rings (SSSR count). The van der Waals surface area contributed by atoms with Crippen LogP contribution in [-0.2, 0) is 0 Å². The molecule has 23 heavy (non-hydrogen) atoms. The third-order valence-corrected chi connectivity index (χ3v) is 4.89. The van der Waals surface area contributed by atoms with Crippen molar-refractivity contribution in [1.29, 1.82) is 0 Å². The molecule has 0 bridgehead atoms. The molecular weight excluding hydrogens is 282 g/mol. The Morgan fingerprint density at radius 2 is 2.04 bits per heavy atom. The molecule has 118 valence electrons. The van der Waals surface area contributed by atoms with E-state index in [1.807, 2.05) is 12.4 Å². The van der Waals surface area contributed by atoms with Gasteiger partial charge in [-0.15, -0.1) is 0 Å². The number of allylic oxidation sites excluding steroid dienone is 4. The van der Waals surface area contributed by atoms with Gasteiger partial charge >= 0.3 is 0 Å². The van der Waals surface area contributed by atoms with Crippen LogP contribution in [0.25, 0.3) is 10.8 Å². The molecule has 2 aromatic rings. The first-order valence-electron chi connectivity index (χ1n) is 8.58. The Labute approximate surface area is 137 Å². The summed E-state index contributed by atoms with van der Waals surface area (Å²) in [4.78, 5) is 4.33. The molecule has 0 spiro atoms. The van der Waals surface area contributed by atoms with E-state index >= 15 is 0 Å². The minimum atomic E-state index is 0.478. The molecule has 0 radical (unpaired) electrons. The number of benzene rings is 1. The quantitative estimate of drug-likeness (QED) is 0.900. The van der Waals surface area contributed by atoms with Crippen LogP contribution in [0.4, 0.5) is 5.69 Å². The minimum absolute atomic E-state index is 0.478. The first kappa shape index (κ1) is 14.5. The summed E-state index contributed by atoms with van der Waals surface area (Å²) in [6.07, 6.45) is 16.2. The van der Waals surface area contributed by atoms with Gasteiger partial charge in [0.1, 0.15) is 0 Å². The van der Waals surface area contributed by atoms with Crippen molar-refractivity contribution in [3.05, 3.63) is 60.5 Å². The Bertz CT molecular complexity index is 742. The van der Waals surface area contributed by atoms with Crippen LogP contribution in [-0.4, -0.2) is 24.1 Å². The van der Waals surface area contributed by atoms with Gasteiger partial charge in [0.25, 0.3) is 0 Å². The van der Waals surface area contributed by atoms with Gasteiger partial charge in [-0.05, 0) is 55.4 Å². The van der Waals surface area contributed by atoms with Crippen molar-refractivity contribution >= 4 is 16.5 Å². The molecule has 1 saturated heterocycles. The summed E-state index contributed by atoms with van der Waals surface area (Å²) >= 11 is 0. The van der Waals surface area contributed by atoms with Crippen molar-refractivity contribution in [2.24, 2.45) is 0 Å². The second kappa shape index (κ2) is 6.55. The average molecular weight is 305 g/mol. The number of rotatable bonds is 3. The topological polar surface area (TPSA) is 37.0 Å². The van der Waals surface area contributed by atoms with E-state index in [2.05, 4.69) is 58.1 Å². The number of piperidine rings is 1. The number of nitrogens with zero attached hydrogens (tertiary/aromatic N) is 1. The van der Waals surface area contributed by atoms with E-state index < -0.39 is 0 Å². The molecular formula is C20H23N3. The van der Waals surface area contributed by atoms with Crippen LogP contribution in [0.2, 0.25) is 0 Å². The fraction of sp³-hybridized carbons (Fsp3) is 0.350. The molecule has 1 aromatic heterocycles. The lowest BCUT2D eigenvalue weighted by atomic mass is 9.90. The van der Waals surface area contributed by atoms with Crippen LogP contribution in [0.5, 0.6) is 0 Å². The second-order valence-electron chi connectivity index (χ2n) is 6.49. The monoisotopic (exact) mass is 305 g/mol. The van der Waals surface area contributed by atoms with Gasteiger partial charge in [-0.1, -0.05) is 30.4 Å². The van der Waals surface area contributed by atoms with E-state index in [-0.39, 0.29) is 0 Å². The third-order valence-electron chi connectivity index (χ3n) is 4.89. The minimum Gasteiger partial charge on any atom is -0.382 e. The highest BCUT2D eigenvalue weighted by Crippen LogP contribution is 2.32. The van der Waals surface area contributed by atoms with Gasteiger partial charge < -0.3 is 10.6 Å². The molecule has 0 saturated carbocycles. The molecule has 1 fully saturated rings. The number of nitrogens with one attached hydrogen (secondary N) is 2. The second-order valence-corrected chi connectivity index (χ2v) is 6.49. The maximum atomic E-state index is 4.33. The van der Waals surface area contributed by atoms with Crippen molar-refractivity contribution in [3.8, 4) is 0 Å². The van der Waals surface area contributed by atoms with Crippen LogP contribution in [0.15, 0.2) is 54.9 Å². The zero-order valence-corrected chi connectivity index (χ0v) is 13.3. The predicted octanol–water partition coefficient (Wildman–Crippen LogP) is 4.00. The van der Waals surface area contributed by atoms with E-state index in [1.54, 1.807) is 0 Å². The molecule has 1 aromatic carbocycles. The third kappa shape index (κ3) is 3.15. The maximum Gasteiger partial charge on any atom is 0.0440 e. The SMILES string of the molecule is C1=CCC(c2cc(NC3CCNCC3)c3cnccc3c2)C=C1. The highest BCUT2D eigenvalue weighted by atomic mass is 15.0. The van der Waals surface area contributed by atoms with Crippen LogP contribution >= 0.6 is 0 Å². The molecule has 2 aliphatic rings. The largest absolute Gasteiger partial charge is 0.382 e. The lowest BCUT2D eigenvalue weighted by Crippen LogP contribution is -2.35. The van der Waals surface area contributed by atoms with Crippen molar-refractivity contribution in [1.82, 2.24) is 10.3 Å². The molecule has 0 amide bonds. The standard InChI is InChI=1S/C20H23N3/c1-2-4-15(5-3-1)17-12-16-6-9-22-14-19(16)20(13-17)23-18-7-10-21-11-8-18/h1-4,6,9,12-15,18,21,23H,5,7-8,10-11H2. The maximum absolute atomic E-state index is 4.33. The highest BCUT2D eigenvalue weighted by Gasteiger charge is 2.16. The number of hydrogen-bond acceptors (Lipinski definition) is 3. The van der Waals surface area contributed by atoms with Gasteiger partial charge in [-0.2, -0.15) is 0 Å². The summed E-state index contributed by atoms with van der Waals surface area (Å²) in [5.74, 6) is 0.478. The Hall–Kier alpha value is -2.13. The van der Waals surface area contributed by atoms with Crippen LogP contribution < -0.4 is 10.6 Å². The molecule has 2 N–H and O–H groups in total. The summed E-state index contributed by atoms with van der Waals surface area (Å²) in [6, 6.07) is 7.32. The Kier molecular flexibility index (Phi) is 4.12. The van der Waals surface area contributed by atoms with Gasteiger partial charge in [-0.3, -0.25) is 4.98 Å². The van der Waals surface area contributed by atoms with E-state index in [4.69, 9.17) is 0 Å². The molecule has 1 aliphatic carbocycles. The molecule has 2 heterocycles. The van der Waals surface area contributed by atoms with E-state index in [0.29, 0.717) is 12.0 Å². The summed E-state index contributed by atoms with van der Waals surface area (Å²) in [5, 5.41) is 9.71. The van der Waals surface area contributed by atoms with Crippen molar-refractivity contribution in [3.63, 3.8) is 0 Å². The fourth-order valence-electron chi connectivity index (χ4n) is 3.57. The van der Waals surface area contributed by atoms with Crippen molar-refractivity contribution in [2.75, 3.05) is 18.4 Å². The molecule has 1 aliphatic heterocycles. The van der Waals surface area contributed by atoms with Gasteiger partial charge in [0.05, 0.1) is 0 Å². The molecule has 1 atom stereocenters. The predicted molar refractivity (Wildman–Crippen MR) is 96.9 cm³/mol. The number of pyridine rings is 1. The van der Waals surface area contributed by atoms with Crippen molar-refractivity contribution < 1.29 is 0 Å². The molecule has 1 unspecified atom stereocenters. The van der Waals surface area contributed by atoms with Crippen LogP contribution in [0.3, 0.4) is 0 Å². The summed E-state index contributed by atoms with van der Waals surface area (Å²) in [5.41, 5.74) is 2.63. The first-order valence-corrected chi connectivity index (χ1v) is 8.58. The zero-order valence-electron chi connectivity index (χ0n) is 13.3. The van der Waals surface area contributed by atoms with E-state index in [9.17, 15) is 0 Å². The number of anilines is 1. The van der Waals surface area contributed by atoms with E-state index in [1.165, 1.54) is 34.9 Å². The first-order chi connectivity index (χ1) is 11.4. The molecule has 3 heteroatoms. The smallest absolute Gasteiger partial charge is 0.0440 e. The highest BCUT2D eigenvalue weighted by molar-refractivity contribution is 5.94. The fourth-order valence-corrected chi connectivity index (χ4v) is 3.57. The van der Waals surface area contributed by atoms with Crippen LogP contribution in [0, 0.1) is 0 Å². The Morgan fingerprint density at radius 3 is 2.87 bits per heavy atom. The van der Waals surface area contributed by atoms with Gasteiger partial charge in [0, 0.05) is 35.4 Å². The van der Waals surface area contributed by atoms with Gasteiger partial charge in [-0.25, -0.2) is 0 Å². The lowest BCUT2D eigenvalue weighted by Gasteiger charge is -2.26. The number of aromatic nitrogens is 1. The summed E-state index contributed by atoms with van der Waals surface area (Å²) < 4.78 is 0. The number of fused-ring (bicyclic) bond motifs is 1. The Balaban J connectivity index is 1.71. The molecule has 3 nitrogen and oxygen atoms in total. The lowest BCUT2D eigenvalue weighted by molar-refractivity contribution is 0.479. The van der Waals surface area contributed by atoms with Crippen LogP contribution in [0.1, 0.15) is 30.7 Å². The average Bonchev–Trinajstić information content (AvgIpc) is 2.63. The van der Waals surface area contributed by atoms with Gasteiger partial charge in [0.15, 0.2) is 0 Å². The normalized spacial score (nSPS) is 21.7. The van der Waals surface area contributed by atoms with Gasteiger partial charge in [0.2, 0.25) is 0 Å². The number of hydrogen-bond donors (Lipinski definition) is 2. The zero-order chi connectivity index (χ0) is 15.5. The summed E-state index contributed by atoms with van der Waals surface area (Å²) in [7, 11) is 0. The van der Waals surface area contributed by atoms with E-state index in [0.717, 1.165) is 19.5 Å². The Morgan fingerprint density at radius 1 is 1.13 bits per heavy atom. The van der Waals surface area contributed by atoms with Crippen molar-refractivity contribution in [2.45, 2.75) is 31.2 Å². The summed E-state index contributed by atoms with van der Waals surface area (Å²) in [6.45, 7) is 2.20.